The number of nitrogens with zero attached hydrogens (tertiary/aromatic N) is 3. The summed E-state index contributed by atoms with van der Waals surface area (Å²) in [5, 5.41) is 19.7. The number of amides is 1. The molecule has 156 valence electrons. The Labute approximate surface area is 175 Å². The minimum Gasteiger partial charge on any atom is -0.394 e. The molecular formula is C23H24FN3O3. The van der Waals surface area contributed by atoms with Gasteiger partial charge in [-0.15, -0.1) is 0 Å². The molecule has 1 N–H and O–H groups in total. The normalized spacial score (nSPS) is 24.2. The number of morpholine rings is 1. The van der Waals surface area contributed by atoms with Crippen LogP contribution in [0, 0.1) is 17.1 Å². The summed E-state index contributed by atoms with van der Waals surface area (Å²) in [5.74, 6) is -0.694. The highest BCUT2D eigenvalue weighted by Crippen LogP contribution is 2.41. The van der Waals surface area contributed by atoms with Gasteiger partial charge in [0.05, 0.1) is 38.5 Å². The molecular weight excluding hydrogens is 385 g/mol. The van der Waals surface area contributed by atoms with Gasteiger partial charge < -0.3 is 14.7 Å². The Morgan fingerprint density at radius 3 is 2.53 bits per heavy atom. The van der Waals surface area contributed by atoms with E-state index >= 15 is 0 Å². The van der Waals surface area contributed by atoms with E-state index in [4.69, 9.17) is 4.74 Å². The lowest BCUT2D eigenvalue weighted by Gasteiger charge is -2.52. The highest BCUT2D eigenvalue weighted by molar-refractivity contribution is 5.81. The molecule has 0 radical (unpaired) electrons. The van der Waals surface area contributed by atoms with Crippen molar-refractivity contribution in [2.75, 3.05) is 39.5 Å². The van der Waals surface area contributed by atoms with Gasteiger partial charge in [-0.2, -0.15) is 5.26 Å². The smallest absolute Gasteiger partial charge is 0.238 e. The summed E-state index contributed by atoms with van der Waals surface area (Å²) >= 11 is 0. The lowest BCUT2D eigenvalue weighted by Crippen LogP contribution is -2.66. The first kappa shape index (κ1) is 20.5. The molecule has 4 rings (SSSR count). The van der Waals surface area contributed by atoms with Crippen molar-refractivity contribution >= 4 is 5.91 Å². The van der Waals surface area contributed by atoms with Crippen molar-refractivity contribution < 1.29 is 19.0 Å². The van der Waals surface area contributed by atoms with Gasteiger partial charge in [-0.25, -0.2) is 4.39 Å². The Morgan fingerprint density at radius 2 is 1.90 bits per heavy atom. The molecule has 2 saturated heterocycles. The fraction of sp³-hybridized carbons (Fsp3) is 0.391. The van der Waals surface area contributed by atoms with Crippen LogP contribution in [0.25, 0.3) is 11.1 Å². The van der Waals surface area contributed by atoms with Crippen molar-refractivity contribution in [1.82, 2.24) is 9.80 Å². The second kappa shape index (κ2) is 8.92. The third-order valence-electron chi connectivity index (χ3n) is 5.94. The molecule has 0 bridgehead atoms. The number of carbonyl (C=O) groups is 1. The second-order valence-electron chi connectivity index (χ2n) is 7.67. The molecule has 2 aromatic rings. The number of benzene rings is 2. The molecule has 7 heteroatoms. The molecule has 0 aromatic heterocycles. The van der Waals surface area contributed by atoms with E-state index in [1.165, 1.54) is 17.0 Å². The van der Waals surface area contributed by atoms with Crippen molar-refractivity contribution in [3.05, 3.63) is 59.9 Å². The number of hydrogen-bond acceptors (Lipinski definition) is 5. The van der Waals surface area contributed by atoms with Gasteiger partial charge in [-0.3, -0.25) is 9.69 Å². The van der Waals surface area contributed by atoms with Crippen molar-refractivity contribution in [3.8, 4) is 17.2 Å². The Balaban J connectivity index is 1.50. The van der Waals surface area contributed by atoms with Gasteiger partial charge in [0, 0.05) is 19.0 Å². The number of nitriles is 1. The molecule has 2 heterocycles. The zero-order valence-corrected chi connectivity index (χ0v) is 16.6. The monoisotopic (exact) mass is 409 g/mol. The van der Waals surface area contributed by atoms with Crippen molar-refractivity contribution in [1.29, 1.82) is 5.26 Å². The lowest BCUT2D eigenvalue weighted by molar-refractivity contribution is -0.149. The van der Waals surface area contributed by atoms with E-state index in [1.54, 1.807) is 6.07 Å². The van der Waals surface area contributed by atoms with Gasteiger partial charge in [0.2, 0.25) is 5.91 Å². The SMILES string of the molecule is N#C[C@H]1[C@H](c2ccc(-c3cccc(F)c3)cc2)[C@H](CO)N1C(=O)CN1CCOCC1. The predicted octanol–water partition coefficient (Wildman–Crippen LogP) is 2.00. The number of aliphatic hydroxyl groups is 1. The molecule has 2 aliphatic rings. The highest BCUT2D eigenvalue weighted by atomic mass is 19.1. The summed E-state index contributed by atoms with van der Waals surface area (Å²) in [5.41, 5.74) is 2.52. The number of carbonyl (C=O) groups excluding carboxylic acids is 1. The summed E-state index contributed by atoms with van der Waals surface area (Å²) < 4.78 is 18.8. The number of rotatable bonds is 5. The molecule has 3 atom stereocenters. The fourth-order valence-electron chi connectivity index (χ4n) is 4.35. The number of ether oxygens (including phenoxy) is 1. The zero-order chi connectivity index (χ0) is 21.1. The maximum Gasteiger partial charge on any atom is 0.238 e. The third-order valence-corrected chi connectivity index (χ3v) is 5.94. The number of halogens is 1. The van der Waals surface area contributed by atoms with Gasteiger partial charge in [0.25, 0.3) is 0 Å². The molecule has 2 aliphatic heterocycles. The van der Waals surface area contributed by atoms with E-state index in [2.05, 4.69) is 6.07 Å². The summed E-state index contributed by atoms with van der Waals surface area (Å²) in [4.78, 5) is 16.4. The van der Waals surface area contributed by atoms with E-state index in [9.17, 15) is 19.6 Å². The summed E-state index contributed by atoms with van der Waals surface area (Å²) in [6.45, 7) is 2.58. The van der Waals surface area contributed by atoms with Gasteiger partial charge in [-0.1, -0.05) is 36.4 Å². The van der Waals surface area contributed by atoms with Crippen molar-refractivity contribution in [2.45, 2.75) is 18.0 Å². The first-order valence-corrected chi connectivity index (χ1v) is 10.1. The molecule has 6 nitrogen and oxygen atoms in total. The Kier molecular flexibility index (Phi) is 6.09. The summed E-state index contributed by atoms with van der Waals surface area (Å²) in [7, 11) is 0. The average Bonchev–Trinajstić information content (AvgIpc) is 2.75. The van der Waals surface area contributed by atoms with E-state index in [-0.39, 0.29) is 30.8 Å². The van der Waals surface area contributed by atoms with Crippen LogP contribution in [-0.2, 0) is 9.53 Å². The molecule has 0 unspecified atom stereocenters. The minimum atomic E-state index is -0.615. The molecule has 30 heavy (non-hydrogen) atoms. The maximum absolute atomic E-state index is 13.5. The Hall–Kier alpha value is -2.79. The van der Waals surface area contributed by atoms with Crippen molar-refractivity contribution in [3.63, 3.8) is 0 Å². The first-order valence-electron chi connectivity index (χ1n) is 10.1. The Morgan fingerprint density at radius 1 is 1.17 bits per heavy atom. The molecule has 0 saturated carbocycles. The van der Waals surface area contributed by atoms with Crippen LogP contribution >= 0.6 is 0 Å². The third kappa shape index (κ3) is 3.94. The molecule has 1 amide bonds. The number of hydrogen-bond donors (Lipinski definition) is 1. The molecule has 0 aliphatic carbocycles. The fourth-order valence-corrected chi connectivity index (χ4v) is 4.35. The van der Waals surface area contributed by atoms with Crippen LogP contribution in [-0.4, -0.2) is 72.4 Å². The van der Waals surface area contributed by atoms with Gasteiger partial charge in [0.1, 0.15) is 11.9 Å². The van der Waals surface area contributed by atoms with E-state index < -0.39 is 12.1 Å². The second-order valence-corrected chi connectivity index (χ2v) is 7.67. The standard InChI is InChI=1S/C23H24FN3O3/c24-19-3-1-2-18(12-19)16-4-6-17(7-5-16)23-20(13-25)27(21(23)15-28)22(29)14-26-8-10-30-11-9-26/h1-7,12,20-21,23,28H,8-11,14-15H2/t20-,21-,23-/m0/s1. The van der Waals surface area contributed by atoms with E-state index in [0.29, 0.717) is 26.3 Å². The summed E-state index contributed by atoms with van der Waals surface area (Å²) in [6.07, 6.45) is 0. The number of aliphatic hydroxyl groups excluding tert-OH is 1. The van der Waals surface area contributed by atoms with Crippen LogP contribution in [0.15, 0.2) is 48.5 Å². The highest BCUT2D eigenvalue weighted by Gasteiger charge is 2.51. The zero-order valence-electron chi connectivity index (χ0n) is 16.6. The topological polar surface area (TPSA) is 76.8 Å². The van der Waals surface area contributed by atoms with Crippen LogP contribution in [0.2, 0.25) is 0 Å². The largest absolute Gasteiger partial charge is 0.394 e. The first-order chi connectivity index (χ1) is 14.6. The van der Waals surface area contributed by atoms with Crippen LogP contribution in [0.4, 0.5) is 4.39 Å². The molecule has 2 fully saturated rings. The van der Waals surface area contributed by atoms with Crippen LogP contribution in [0.1, 0.15) is 11.5 Å². The van der Waals surface area contributed by atoms with Crippen LogP contribution in [0.5, 0.6) is 0 Å². The minimum absolute atomic E-state index is 0.143. The Bertz CT molecular complexity index is 937. The molecule has 2 aromatic carbocycles. The van der Waals surface area contributed by atoms with E-state index in [1.807, 2.05) is 35.2 Å². The van der Waals surface area contributed by atoms with Crippen molar-refractivity contribution in [2.24, 2.45) is 0 Å². The quantitative estimate of drug-likeness (QED) is 0.818. The van der Waals surface area contributed by atoms with E-state index in [0.717, 1.165) is 16.7 Å². The summed E-state index contributed by atoms with van der Waals surface area (Å²) in [6, 6.07) is 15.1. The maximum atomic E-state index is 13.5. The van der Waals surface area contributed by atoms with Gasteiger partial charge in [0.15, 0.2) is 0 Å². The van der Waals surface area contributed by atoms with Crippen LogP contribution < -0.4 is 0 Å². The lowest BCUT2D eigenvalue weighted by atomic mass is 9.75. The van der Waals surface area contributed by atoms with Crippen LogP contribution in [0.3, 0.4) is 0 Å². The predicted molar refractivity (Wildman–Crippen MR) is 109 cm³/mol. The van der Waals surface area contributed by atoms with Gasteiger partial charge >= 0.3 is 0 Å². The van der Waals surface area contributed by atoms with Gasteiger partial charge in [-0.05, 0) is 28.8 Å². The number of likely N-dealkylation sites (tertiary alicyclic amines) is 1. The average molecular weight is 409 g/mol. The molecule has 0 spiro atoms.